The van der Waals surface area contributed by atoms with Gasteiger partial charge in [0.25, 0.3) is 0 Å². The van der Waals surface area contributed by atoms with Gasteiger partial charge in [-0.1, -0.05) is 13.8 Å². The second-order valence-corrected chi connectivity index (χ2v) is 5.20. The van der Waals surface area contributed by atoms with Gasteiger partial charge >= 0.3 is 6.03 Å². The van der Waals surface area contributed by atoms with E-state index in [2.05, 4.69) is 19.9 Å². The van der Waals surface area contributed by atoms with Crippen LogP contribution in [0.25, 0.3) is 0 Å². The minimum Gasteiger partial charge on any atom is -0.324 e. The molecule has 0 N–H and O–H groups in total. The Morgan fingerprint density at radius 1 is 1.19 bits per heavy atom. The van der Waals surface area contributed by atoms with E-state index in [-0.39, 0.29) is 11.9 Å². The van der Waals surface area contributed by atoms with Gasteiger partial charge in [0.2, 0.25) is 0 Å². The van der Waals surface area contributed by atoms with Gasteiger partial charge in [-0.3, -0.25) is 0 Å². The first-order chi connectivity index (χ1) is 7.61. The zero-order valence-electron chi connectivity index (χ0n) is 10.0. The summed E-state index contributed by atoms with van der Waals surface area (Å²) >= 11 is 0. The quantitative estimate of drug-likeness (QED) is 0.623. The van der Waals surface area contributed by atoms with E-state index in [1.165, 1.54) is 0 Å². The molecule has 0 bridgehead atoms. The van der Waals surface area contributed by atoms with Gasteiger partial charge < -0.3 is 9.80 Å². The topological polar surface area (TPSA) is 47.3 Å². The van der Waals surface area contributed by atoms with Gasteiger partial charge in [0.15, 0.2) is 0 Å². The van der Waals surface area contributed by atoms with E-state index in [1.54, 1.807) is 4.90 Å². The van der Waals surface area contributed by atoms with Crippen LogP contribution in [0.3, 0.4) is 0 Å². The van der Waals surface area contributed by atoms with Crippen molar-refractivity contribution in [2.24, 2.45) is 17.8 Å². The highest BCUT2D eigenvalue weighted by Crippen LogP contribution is 2.25. The van der Waals surface area contributed by atoms with Crippen LogP contribution in [-0.4, -0.2) is 42.0 Å². The molecule has 2 saturated heterocycles. The lowest BCUT2D eigenvalue weighted by Crippen LogP contribution is -2.56. The van der Waals surface area contributed by atoms with Crippen LogP contribution < -0.4 is 0 Å². The third kappa shape index (κ3) is 1.99. The minimum atomic E-state index is 0.0603. The molecule has 0 spiro atoms. The Kier molecular flexibility index (Phi) is 3.04. The maximum Gasteiger partial charge on any atom is 0.320 e. The average molecular weight is 221 g/mol. The number of rotatable bonds is 0. The normalized spacial score (nSPS) is 30.8. The molecule has 2 rings (SSSR count). The summed E-state index contributed by atoms with van der Waals surface area (Å²) in [4.78, 5) is 15.8. The lowest BCUT2D eigenvalue weighted by atomic mass is 9.89. The summed E-state index contributed by atoms with van der Waals surface area (Å²) in [6, 6.07) is 2.32. The van der Waals surface area contributed by atoms with Gasteiger partial charge in [-0.15, -0.1) is 0 Å². The van der Waals surface area contributed by atoms with Crippen LogP contribution in [0, 0.1) is 29.1 Å². The summed E-state index contributed by atoms with van der Waals surface area (Å²) in [7, 11) is 0. The number of likely N-dealkylation sites (tertiary alicyclic amines) is 2. The van der Waals surface area contributed by atoms with E-state index in [0.29, 0.717) is 24.9 Å². The summed E-state index contributed by atoms with van der Waals surface area (Å²) in [6.45, 7) is 7.44. The van der Waals surface area contributed by atoms with Crippen LogP contribution in [0.15, 0.2) is 0 Å². The second-order valence-electron chi connectivity index (χ2n) is 5.20. The van der Waals surface area contributed by atoms with Crippen molar-refractivity contribution in [2.75, 3.05) is 26.2 Å². The van der Waals surface area contributed by atoms with E-state index in [0.717, 1.165) is 19.5 Å². The molecule has 2 heterocycles. The molecule has 0 aromatic carbocycles. The van der Waals surface area contributed by atoms with Crippen molar-refractivity contribution in [2.45, 2.75) is 20.3 Å². The van der Waals surface area contributed by atoms with Crippen molar-refractivity contribution in [3.05, 3.63) is 0 Å². The summed E-state index contributed by atoms with van der Waals surface area (Å²) in [5.74, 6) is 1.36. The van der Waals surface area contributed by atoms with Crippen LogP contribution in [-0.2, 0) is 0 Å². The van der Waals surface area contributed by atoms with E-state index >= 15 is 0 Å². The molecule has 2 aliphatic heterocycles. The van der Waals surface area contributed by atoms with Crippen molar-refractivity contribution in [3.63, 3.8) is 0 Å². The number of amides is 2. The molecule has 2 amide bonds. The number of nitriles is 1. The Bertz CT molecular complexity index is 317. The molecule has 2 aliphatic rings. The van der Waals surface area contributed by atoms with Crippen molar-refractivity contribution in [3.8, 4) is 6.07 Å². The molecule has 0 radical (unpaired) electrons. The lowest BCUT2D eigenvalue weighted by Gasteiger charge is -2.42. The first kappa shape index (κ1) is 11.3. The Morgan fingerprint density at radius 3 is 2.44 bits per heavy atom. The third-order valence-corrected chi connectivity index (χ3v) is 3.94. The lowest BCUT2D eigenvalue weighted by molar-refractivity contribution is 0.0831. The van der Waals surface area contributed by atoms with Gasteiger partial charge in [0.05, 0.1) is 12.0 Å². The molecule has 88 valence electrons. The van der Waals surface area contributed by atoms with Gasteiger partial charge in [-0.05, 0) is 18.3 Å². The highest BCUT2D eigenvalue weighted by Gasteiger charge is 2.35. The van der Waals surface area contributed by atoms with E-state index in [9.17, 15) is 4.79 Å². The molecule has 0 aliphatic carbocycles. The van der Waals surface area contributed by atoms with Crippen molar-refractivity contribution >= 4 is 6.03 Å². The monoisotopic (exact) mass is 221 g/mol. The second kappa shape index (κ2) is 4.32. The molecule has 0 saturated carbocycles. The number of hydrogen-bond acceptors (Lipinski definition) is 2. The molecule has 16 heavy (non-hydrogen) atoms. The first-order valence-electron chi connectivity index (χ1n) is 6.05. The van der Waals surface area contributed by atoms with E-state index in [1.807, 2.05) is 4.90 Å². The smallest absolute Gasteiger partial charge is 0.320 e. The fraction of sp³-hybridized carbons (Fsp3) is 0.833. The molecule has 0 aromatic heterocycles. The van der Waals surface area contributed by atoms with Crippen molar-refractivity contribution < 1.29 is 4.79 Å². The first-order valence-corrected chi connectivity index (χ1v) is 6.05. The van der Waals surface area contributed by atoms with E-state index < -0.39 is 0 Å². The number of piperidine rings is 1. The van der Waals surface area contributed by atoms with Crippen molar-refractivity contribution in [1.82, 2.24) is 9.80 Å². The number of hydrogen-bond donors (Lipinski definition) is 0. The summed E-state index contributed by atoms with van der Waals surface area (Å²) in [5.41, 5.74) is 0. The number of urea groups is 1. The van der Waals surface area contributed by atoms with Crippen LogP contribution in [0.2, 0.25) is 0 Å². The zero-order valence-corrected chi connectivity index (χ0v) is 10.0. The van der Waals surface area contributed by atoms with Gasteiger partial charge in [-0.25, -0.2) is 4.79 Å². The van der Waals surface area contributed by atoms with Crippen LogP contribution in [0.1, 0.15) is 20.3 Å². The molecular formula is C12H19N3O. The fourth-order valence-electron chi connectivity index (χ4n) is 2.35. The van der Waals surface area contributed by atoms with Gasteiger partial charge in [-0.2, -0.15) is 5.26 Å². The predicted octanol–water partition coefficient (Wildman–Crippen LogP) is 1.54. The van der Waals surface area contributed by atoms with Crippen LogP contribution in [0.4, 0.5) is 4.79 Å². The highest BCUT2D eigenvalue weighted by molar-refractivity contribution is 5.75. The third-order valence-electron chi connectivity index (χ3n) is 3.94. The largest absolute Gasteiger partial charge is 0.324 e. The molecule has 2 fully saturated rings. The number of carbonyl (C=O) groups excluding carboxylic acids is 1. The molecular weight excluding hydrogens is 202 g/mol. The molecule has 2 atom stereocenters. The minimum absolute atomic E-state index is 0.0603. The molecule has 4 nitrogen and oxygen atoms in total. The summed E-state index contributed by atoms with van der Waals surface area (Å²) < 4.78 is 0. The SMILES string of the molecule is CC1CCN(C(=O)N2CC(C#N)C2)CC1C. The Hall–Kier alpha value is -1.24. The Morgan fingerprint density at radius 2 is 1.88 bits per heavy atom. The number of nitrogens with zero attached hydrogens (tertiary/aromatic N) is 3. The average Bonchev–Trinajstić information content (AvgIpc) is 2.20. The summed E-state index contributed by atoms with van der Waals surface area (Å²) in [5, 5.41) is 8.67. The van der Waals surface area contributed by atoms with Crippen molar-refractivity contribution in [1.29, 1.82) is 5.26 Å². The standard InChI is InChI=1S/C12H19N3O/c1-9-3-4-14(6-10(9)2)12(16)15-7-11(5-13)8-15/h9-11H,3-4,6-8H2,1-2H3. The molecule has 2 unspecified atom stereocenters. The summed E-state index contributed by atoms with van der Waals surface area (Å²) in [6.07, 6.45) is 1.10. The predicted molar refractivity (Wildman–Crippen MR) is 60.6 cm³/mol. The Balaban J connectivity index is 1.85. The maximum absolute atomic E-state index is 12.0. The Labute approximate surface area is 96.8 Å². The molecule has 4 heteroatoms. The zero-order chi connectivity index (χ0) is 11.7. The van der Waals surface area contributed by atoms with Crippen LogP contribution in [0.5, 0.6) is 0 Å². The fourth-order valence-corrected chi connectivity index (χ4v) is 2.35. The maximum atomic E-state index is 12.0. The van der Waals surface area contributed by atoms with Gasteiger partial charge in [0.1, 0.15) is 0 Å². The molecule has 0 aromatic rings. The van der Waals surface area contributed by atoms with Gasteiger partial charge in [0, 0.05) is 26.2 Å². The highest BCUT2D eigenvalue weighted by atomic mass is 16.2. The van der Waals surface area contributed by atoms with E-state index in [4.69, 9.17) is 5.26 Å². The number of carbonyl (C=O) groups is 1. The van der Waals surface area contributed by atoms with Crippen LogP contribution >= 0.6 is 0 Å².